The lowest BCUT2D eigenvalue weighted by molar-refractivity contribution is 0.0536. The maximum Gasteiger partial charge on any atom is 0.257 e. The quantitative estimate of drug-likeness (QED) is 0.351. The van der Waals surface area contributed by atoms with E-state index in [4.69, 9.17) is 21.4 Å². The summed E-state index contributed by atoms with van der Waals surface area (Å²) in [5.74, 6) is 0.768. The number of nitrogens with zero attached hydrogens (tertiary/aromatic N) is 1. The highest BCUT2D eigenvalue weighted by atomic mass is 35.5. The number of nitrogens with one attached hydrogen (secondary N) is 2. The van der Waals surface area contributed by atoms with Crippen molar-refractivity contribution in [2.45, 2.75) is 6.10 Å². The van der Waals surface area contributed by atoms with Gasteiger partial charge >= 0.3 is 0 Å². The minimum atomic E-state index is -0.968. The molecular weight excluding hydrogens is 418 g/mol. The number of carbonyl (C=O) groups is 1. The molecule has 7 nitrogen and oxygen atoms in total. The molecule has 31 heavy (non-hydrogen) atoms. The summed E-state index contributed by atoms with van der Waals surface area (Å²) in [6.45, 7) is -0.436. The molecule has 1 unspecified atom stereocenters. The SMILES string of the molecule is O=C(Nc1cccc(OCC(O)CO)c1)c1cccc2[nH]c(-c3cccc(Cl)c3)nc12. The van der Waals surface area contributed by atoms with E-state index in [9.17, 15) is 9.90 Å². The maximum atomic E-state index is 13.0. The van der Waals surface area contributed by atoms with Crippen molar-refractivity contribution in [3.05, 3.63) is 77.3 Å². The molecule has 1 heterocycles. The molecule has 0 fully saturated rings. The first-order valence-electron chi connectivity index (χ1n) is 9.61. The number of aliphatic hydroxyl groups is 2. The third-order valence-corrected chi connectivity index (χ3v) is 4.84. The standard InChI is InChI=1S/C23H20ClN3O4/c24-15-5-1-4-14(10-15)22-26-20-9-3-8-19(21(20)27-22)23(30)25-16-6-2-7-18(11-16)31-13-17(29)12-28/h1-11,17,28-29H,12-13H2,(H,25,30)(H,26,27). The van der Waals surface area contributed by atoms with Crippen molar-refractivity contribution in [1.29, 1.82) is 0 Å². The maximum absolute atomic E-state index is 13.0. The number of imidazole rings is 1. The molecule has 0 saturated carbocycles. The average Bonchev–Trinajstić information content (AvgIpc) is 3.22. The number of aromatic amines is 1. The summed E-state index contributed by atoms with van der Waals surface area (Å²) in [7, 11) is 0. The number of aliphatic hydroxyl groups excluding tert-OH is 2. The molecule has 0 radical (unpaired) electrons. The van der Waals surface area contributed by atoms with Crippen LogP contribution in [0.2, 0.25) is 5.02 Å². The van der Waals surface area contributed by atoms with Gasteiger partial charge < -0.3 is 25.3 Å². The molecule has 4 aromatic rings. The lowest BCUT2D eigenvalue weighted by Gasteiger charge is -2.11. The Bertz CT molecular complexity index is 1220. The number of rotatable bonds is 7. The molecule has 0 saturated heterocycles. The number of aromatic nitrogens is 2. The number of ether oxygens (including phenoxy) is 1. The number of benzene rings is 3. The molecular formula is C23H20ClN3O4. The van der Waals surface area contributed by atoms with Gasteiger partial charge in [0.05, 0.1) is 17.7 Å². The van der Waals surface area contributed by atoms with Crippen LogP contribution in [-0.2, 0) is 0 Å². The zero-order chi connectivity index (χ0) is 21.8. The molecule has 8 heteroatoms. The van der Waals surface area contributed by atoms with Crippen LogP contribution in [0.25, 0.3) is 22.4 Å². The summed E-state index contributed by atoms with van der Waals surface area (Å²) >= 11 is 6.08. The highest BCUT2D eigenvalue weighted by Crippen LogP contribution is 2.26. The molecule has 158 valence electrons. The van der Waals surface area contributed by atoms with Crippen LogP contribution in [0.4, 0.5) is 5.69 Å². The van der Waals surface area contributed by atoms with Crippen LogP contribution in [0.1, 0.15) is 10.4 Å². The minimum Gasteiger partial charge on any atom is -0.491 e. The molecule has 3 aromatic carbocycles. The fraction of sp³-hybridized carbons (Fsp3) is 0.130. The van der Waals surface area contributed by atoms with Gasteiger partial charge in [0.1, 0.15) is 29.8 Å². The van der Waals surface area contributed by atoms with Gasteiger partial charge in [-0.3, -0.25) is 4.79 Å². The van der Waals surface area contributed by atoms with Gasteiger partial charge in [-0.2, -0.15) is 0 Å². The summed E-state index contributed by atoms with van der Waals surface area (Å²) in [5.41, 5.74) is 3.06. The molecule has 4 rings (SSSR count). The lowest BCUT2D eigenvalue weighted by Crippen LogP contribution is -2.21. The molecule has 1 aromatic heterocycles. The number of H-pyrrole nitrogens is 1. The Balaban J connectivity index is 1.57. The average molecular weight is 438 g/mol. The Labute approximate surface area is 183 Å². The van der Waals surface area contributed by atoms with E-state index in [1.54, 1.807) is 48.5 Å². The van der Waals surface area contributed by atoms with Gasteiger partial charge in [0.15, 0.2) is 0 Å². The molecule has 0 aliphatic carbocycles. The molecule has 4 N–H and O–H groups in total. The predicted molar refractivity (Wildman–Crippen MR) is 120 cm³/mol. The van der Waals surface area contributed by atoms with E-state index in [-0.39, 0.29) is 19.1 Å². The zero-order valence-corrected chi connectivity index (χ0v) is 17.1. The second kappa shape index (κ2) is 9.18. The summed E-state index contributed by atoms with van der Waals surface area (Å²) < 4.78 is 5.43. The van der Waals surface area contributed by atoms with Gasteiger partial charge in [-0.1, -0.05) is 35.9 Å². The van der Waals surface area contributed by atoms with E-state index >= 15 is 0 Å². The topological polar surface area (TPSA) is 107 Å². The van der Waals surface area contributed by atoms with Crippen molar-refractivity contribution in [3.8, 4) is 17.1 Å². The number of hydrogen-bond acceptors (Lipinski definition) is 5. The van der Waals surface area contributed by atoms with Crippen molar-refractivity contribution in [1.82, 2.24) is 9.97 Å². The Morgan fingerprint density at radius 1 is 1.13 bits per heavy atom. The normalized spacial score (nSPS) is 12.0. The van der Waals surface area contributed by atoms with E-state index in [1.807, 2.05) is 18.2 Å². The van der Waals surface area contributed by atoms with Gasteiger partial charge in [0, 0.05) is 22.3 Å². The number of amides is 1. The molecule has 0 aliphatic heterocycles. The summed E-state index contributed by atoms with van der Waals surface area (Å²) in [6.07, 6.45) is -0.968. The van der Waals surface area contributed by atoms with Gasteiger partial charge in [-0.05, 0) is 36.4 Å². The third-order valence-electron chi connectivity index (χ3n) is 4.60. The number of carbonyl (C=O) groups excluding carboxylic acids is 1. The Hall–Kier alpha value is -3.39. The fourth-order valence-electron chi connectivity index (χ4n) is 3.10. The van der Waals surface area contributed by atoms with Crippen LogP contribution < -0.4 is 10.1 Å². The van der Waals surface area contributed by atoms with Crippen molar-refractivity contribution in [2.75, 3.05) is 18.5 Å². The summed E-state index contributed by atoms with van der Waals surface area (Å²) in [4.78, 5) is 20.8. The smallest absolute Gasteiger partial charge is 0.257 e. The van der Waals surface area contributed by atoms with Crippen LogP contribution in [0.5, 0.6) is 5.75 Å². The predicted octanol–water partition coefficient (Wildman–Crippen LogP) is 3.87. The number of para-hydroxylation sites is 1. The largest absolute Gasteiger partial charge is 0.491 e. The van der Waals surface area contributed by atoms with Crippen LogP contribution in [0.15, 0.2) is 66.7 Å². The van der Waals surface area contributed by atoms with E-state index < -0.39 is 6.10 Å². The number of fused-ring (bicyclic) bond motifs is 1. The zero-order valence-electron chi connectivity index (χ0n) is 16.4. The molecule has 1 amide bonds. The number of halogens is 1. The molecule has 0 spiro atoms. The van der Waals surface area contributed by atoms with E-state index in [0.717, 1.165) is 11.1 Å². The van der Waals surface area contributed by atoms with Crippen molar-refractivity contribution in [2.24, 2.45) is 0 Å². The lowest BCUT2D eigenvalue weighted by atomic mass is 10.1. The number of hydrogen-bond donors (Lipinski definition) is 4. The summed E-state index contributed by atoms with van der Waals surface area (Å²) in [6, 6.07) is 19.5. The molecule has 0 bridgehead atoms. The first-order valence-corrected chi connectivity index (χ1v) is 9.99. The monoisotopic (exact) mass is 437 g/mol. The molecule has 0 aliphatic rings. The van der Waals surface area contributed by atoms with Crippen LogP contribution >= 0.6 is 11.6 Å². The van der Waals surface area contributed by atoms with Crippen LogP contribution in [0.3, 0.4) is 0 Å². The first kappa shape index (κ1) is 20.9. The van der Waals surface area contributed by atoms with E-state index in [2.05, 4.69) is 15.3 Å². The van der Waals surface area contributed by atoms with Gasteiger partial charge in [0.2, 0.25) is 0 Å². The van der Waals surface area contributed by atoms with Gasteiger partial charge in [-0.25, -0.2) is 4.98 Å². The van der Waals surface area contributed by atoms with Crippen molar-refractivity contribution < 1.29 is 19.7 Å². The first-order chi connectivity index (χ1) is 15.0. The van der Waals surface area contributed by atoms with E-state index in [0.29, 0.717) is 33.4 Å². The molecule has 1 atom stereocenters. The Kier molecular flexibility index (Phi) is 6.18. The highest BCUT2D eigenvalue weighted by Gasteiger charge is 2.15. The van der Waals surface area contributed by atoms with Crippen LogP contribution in [0, 0.1) is 0 Å². The Morgan fingerprint density at radius 3 is 2.74 bits per heavy atom. The minimum absolute atomic E-state index is 0.0489. The van der Waals surface area contributed by atoms with Gasteiger partial charge in [0.25, 0.3) is 5.91 Å². The van der Waals surface area contributed by atoms with Crippen molar-refractivity contribution >= 4 is 34.2 Å². The van der Waals surface area contributed by atoms with Crippen LogP contribution in [-0.4, -0.2) is 45.4 Å². The van der Waals surface area contributed by atoms with E-state index in [1.165, 1.54) is 0 Å². The Morgan fingerprint density at radius 2 is 1.94 bits per heavy atom. The summed E-state index contributed by atoms with van der Waals surface area (Å²) in [5, 5.41) is 21.8. The second-order valence-corrected chi connectivity index (χ2v) is 7.36. The second-order valence-electron chi connectivity index (χ2n) is 6.93. The van der Waals surface area contributed by atoms with Crippen molar-refractivity contribution in [3.63, 3.8) is 0 Å². The van der Waals surface area contributed by atoms with Gasteiger partial charge in [-0.15, -0.1) is 0 Å². The highest BCUT2D eigenvalue weighted by molar-refractivity contribution is 6.30. The third kappa shape index (κ3) is 4.86. The number of anilines is 1. The fourth-order valence-corrected chi connectivity index (χ4v) is 3.29.